The van der Waals surface area contributed by atoms with Gasteiger partial charge in [-0.2, -0.15) is 4.98 Å². The van der Waals surface area contributed by atoms with E-state index < -0.39 is 6.04 Å². The van der Waals surface area contributed by atoms with Crippen LogP contribution in [-0.4, -0.2) is 37.5 Å². The summed E-state index contributed by atoms with van der Waals surface area (Å²) in [7, 11) is 0. The monoisotopic (exact) mass is 628 g/mol. The van der Waals surface area contributed by atoms with Crippen LogP contribution in [0.3, 0.4) is 0 Å². The number of fused-ring (bicyclic) bond motifs is 1. The zero-order valence-corrected chi connectivity index (χ0v) is 24.6. The Balaban J connectivity index is 1.20. The van der Waals surface area contributed by atoms with Crippen molar-refractivity contribution in [3.63, 3.8) is 0 Å². The van der Waals surface area contributed by atoms with Gasteiger partial charge in [-0.3, -0.25) is 0 Å². The molecule has 1 aliphatic heterocycles. The third kappa shape index (κ3) is 5.68. The van der Waals surface area contributed by atoms with Crippen LogP contribution in [0.2, 0.25) is 0 Å². The van der Waals surface area contributed by atoms with Crippen molar-refractivity contribution in [2.75, 3.05) is 11.9 Å². The number of allylic oxidation sites excluding steroid dienone is 1. The molecule has 6 rings (SSSR count). The molecule has 5 aromatic rings. The smallest absolute Gasteiger partial charge is 0.338 e. The second-order valence-electron chi connectivity index (χ2n) is 9.26. The number of hydrogen-bond donors (Lipinski definition) is 1. The fourth-order valence-corrected chi connectivity index (χ4v) is 5.60. The average Bonchev–Trinajstić information content (AvgIpc) is 3.64. The molecule has 0 radical (unpaired) electrons. The Bertz CT molecular complexity index is 1720. The van der Waals surface area contributed by atoms with Gasteiger partial charge < -0.3 is 14.5 Å². The molecule has 0 bridgehead atoms. The van der Waals surface area contributed by atoms with Gasteiger partial charge in [-0.15, -0.1) is 15.3 Å². The summed E-state index contributed by atoms with van der Waals surface area (Å²) in [6.45, 7) is 3.94. The quantitative estimate of drug-likeness (QED) is 0.145. The second kappa shape index (κ2) is 11.7. The summed E-state index contributed by atoms with van der Waals surface area (Å²) in [6.07, 6.45) is 0. The summed E-state index contributed by atoms with van der Waals surface area (Å²) in [5.74, 6) is 1.81. The lowest BCUT2D eigenvalue weighted by Gasteiger charge is -2.28. The number of carbonyl (C=O) groups is 1. The molecule has 1 N–H and O–H groups in total. The summed E-state index contributed by atoms with van der Waals surface area (Å²) in [5, 5.41) is 17.0. The summed E-state index contributed by atoms with van der Waals surface area (Å²) in [4.78, 5) is 17.7. The van der Waals surface area contributed by atoms with Gasteiger partial charge in [-0.05, 0) is 61.4 Å². The number of hydrogen-bond acceptors (Lipinski definition) is 9. The number of esters is 1. The van der Waals surface area contributed by atoms with Crippen LogP contribution >= 0.6 is 27.7 Å². The Morgan fingerprint density at radius 3 is 2.37 bits per heavy atom. The van der Waals surface area contributed by atoms with Gasteiger partial charge >= 0.3 is 5.97 Å². The molecule has 2 aromatic heterocycles. The molecule has 41 heavy (non-hydrogen) atoms. The van der Waals surface area contributed by atoms with Crippen molar-refractivity contribution in [3.05, 3.63) is 106 Å². The van der Waals surface area contributed by atoms with Gasteiger partial charge in [0.25, 0.3) is 0 Å². The summed E-state index contributed by atoms with van der Waals surface area (Å²) < 4.78 is 14.0. The number of benzene rings is 3. The van der Waals surface area contributed by atoms with E-state index in [0.29, 0.717) is 39.9 Å². The van der Waals surface area contributed by atoms with Gasteiger partial charge in [0.05, 0.1) is 12.2 Å². The molecule has 9 nitrogen and oxygen atoms in total. The molecule has 3 heterocycles. The van der Waals surface area contributed by atoms with E-state index >= 15 is 0 Å². The Morgan fingerprint density at radius 2 is 1.68 bits per heavy atom. The maximum absolute atomic E-state index is 13.0. The molecule has 11 heteroatoms. The average molecular weight is 630 g/mol. The van der Waals surface area contributed by atoms with E-state index in [4.69, 9.17) is 19.2 Å². The predicted molar refractivity (Wildman–Crippen MR) is 160 cm³/mol. The van der Waals surface area contributed by atoms with Crippen LogP contribution in [0, 0.1) is 0 Å². The van der Waals surface area contributed by atoms with Crippen molar-refractivity contribution in [2.24, 2.45) is 0 Å². The summed E-state index contributed by atoms with van der Waals surface area (Å²) in [6, 6.07) is 25.0. The highest BCUT2D eigenvalue weighted by Gasteiger charge is 2.35. The SMILES string of the molecule is CCOC(=O)C1=C(C)Nc2nc(SCc3ccc(-c4nnc(-c5ccccc5)o4)cc3)nn2[C@@H]1c1ccc(Br)cc1. The van der Waals surface area contributed by atoms with Gasteiger partial charge in [0.15, 0.2) is 0 Å². The predicted octanol–water partition coefficient (Wildman–Crippen LogP) is 6.90. The number of halogens is 1. The molecule has 206 valence electrons. The second-order valence-corrected chi connectivity index (χ2v) is 11.1. The first-order valence-corrected chi connectivity index (χ1v) is 14.8. The molecule has 0 spiro atoms. The maximum Gasteiger partial charge on any atom is 0.338 e. The number of aromatic nitrogens is 5. The van der Waals surface area contributed by atoms with Gasteiger partial charge in [-0.1, -0.05) is 70.2 Å². The fraction of sp³-hybridized carbons (Fsp3) is 0.167. The van der Waals surface area contributed by atoms with E-state index in [-0.39, 0.29) is 12.6 Å². The van der Waals surface area contributed by atoms with Crippen LogP contribution in [0.4, 0.5) is 5.95 Å². The molecular weight excluding hydrogens is 604 g/mol. The van der Waals surface area contributed by atoms with Gasteiger partial charge in [0.1, 0.15) is 6.04 Å². The van der Waals surface area contributed by atoms with E-state index in [1.54, 1.807) is 11.6 Å². The minimum absolute atomic E-state index is 0.285. The van der Waals surface area contributed by atoms with Crippen LogP contribution in [0.5, 0.6) is 0 Å². The number of thioether (sulfide) groups is 1. The highest BCUT2D eigenvalue weighted by Crippen LogP contribution is 2.37. The van der Waals surface area contributed by atoms with E-state index in [2.05, 4.69) is 31.4 Å². The zero-order valence-electron chi connectivity index (χ0n) is 22.2. The Kier molecular flexibility index (Phi) is 7.71. The van der Waals surface area contributed by atoms with Crippen molar-refractivity contribution in [1.82, 2.24) is 25.0 Å². The lowest BCUT2D eigenvalue weighted by atomic mass is 9.96. The first-order valence-electron chi connectivity index (χ1n) is 13.0. The third-order valence-corrected chi connectivity index (χ3v) is 7.97. The van der Waals surface area contributed by atoms with Gasteiger partial charge in [0.2, 0.25) is 22.9 Å². The summed E-state index contributed by atoms with van der Waals surface area (Å²) in [5.41, 5.74) is 4.93. The standard InChI is InChI=1S/C30H25BrN6O3S/c1-3-39-28(38)24-18(2)32-29-33-30(36-37(29)25(24)20-13-15-23(31)16-14-20)41-17-19-9-11-22(12-10-19)27-35-34-26(40-27)21-7-5-4-6-8-21/h4-16,25H,3,17H2,1-2H3,(H,32,33,36)/t25-/m1/s1. The Labute approximate surface area is 249 Å². The largest absolute Gasteiger partial charge is 0.463 e. The number of carbonyl (C=O) groups excluding carboxylic acids is 1. The van der Waals surface area contributed by atoms with Crippen LogP contribution in [0.1, 0.15) is 31.0 Å². The highest BCUT2D eigenvalue weighted by molar-refractivity contribution is 9.10. The van der Waals surface area contributed by atoms with Gasteiger partial charge in [-0.25, -0.2) is 9.48 Å². The van der Waals surface area contributed by atoms with Crippen molar-refractivity contribution in [2.45, 2.75) is 30.8 Å². The number of nitrogens with zero attached hydrogens (tertiary/aromatic N) is 5. The maximum atomic E-state index is 13.0. The first kappa shape index (κ1) is 27.0. The van der Waals surface area contributed by atoms with Crippen molar-refractivity contribution < 1.29 is 13.9 Å². The topological polar surface area (TPSA) is 108 Å². The fourth-order valence-electron chi connectivity index (χ4n) is 4.55. The third-order valence-electron chi connectivity index (χ3n) is 6.53. The summed E-state index contributed by atoms with van der Waals surface area (Å²) >= 11 is 5.01. The van der Waals surface area contributed by atoms with Crippen molar-refractivity contribution in [3.8, 4) is 22.9 Å². The van der Waals surface area contributed by atoms with E-state index in [9.17, 15) is 4.79 Å². The van der Waals surface area contributed by atoms with E-state index in [1.165, 1.54) is 11.8 Å². The molecule has 0 saturated carbocycles. The van der Waals surface area contributed by atoms with Crippen molar-refractivity contribution >= 4 is 39.6 Å². The lowest BCUT2D eigenvalue weighted by molar-refractivity contribution is -0.139. The number of rotatable bonds is 8. The number of ether oxygens (including phenoxy) is 1. The normalized spacial score (nSPS) is 14.5. The van der Waals surface area contributed by atoms with Crippen LogP contribution < -0.4 is 5.32 Å². The minimum atomic E-state index is -0.463. The number of nitrogens with one attached hydrogen (secondary N) is 1. The molecule has 0 amide bonds. The molecule has 0 fully saturated rings. The van der Waals surface area contributed by atoms with E-state index in [1.807, 2.05) is 85.8 Å². The highest BCUT2D eigenvalue weighted by atomic mass is 79.9. The molecule has 0 aliphatic carbocycles. The van der Waals surface area contributed by atoms with Crippen LogP contribution in [0.25, 0.3) is 22.9 Å². The van der Waals surface area contributed by atoms with E-state index in [0.717, 1.165) is 26.7 Å². The lowest BCUT2D eigenvalue weighted by Crippen LogP contribution is -2.29. The molecule has 1 aliphatic rings. The van der Waals surface area contributed by atoms with Crippen molar-refractivity contribution in [1.29, 1.82) is 0 Å². The molecular formula is C30H25BrN6O3S. The Hall–Kier alpha value is -4.22. The van der Waals surface area contributed by atoms with Crippen LogP contribution in [-0.2, 0) is 15.3 Å². The van der Waals surface area contributed by atoms with Crippen LogP contribution in [0.15, 0.2) is 104 Å². The zero-order chi connectivity index (χ0) is 28.3. The Morgan fingerprint density at radius 1 is 1.00 bits per heavy atom. The first-order chi connectivity index (χ1) is 20.0. The van der Waals surface area contributed by atoms with Gasteiger partial charge in [0, 0.05) is 27.0 Å². The molecule has 0 saturated heterocycles. The minimum Gasteiger partial charge on any atom is -0.463 e. The molecule has 1 atom stereocenters. The molecule has 0 unspecified atom stereocenters. The number of anilines is 1. The molecule has 3 aromatic carbocycles.